The lowest BCUT2D eigenvalue weighted by Crippen LogP contribution is -2.27. The van der Waals surface area contributed by atoms with Crippen molar-refractivity contribution >= 4 is 33.7 Å². The first-order valence-corrected chi connectivity index (χ1v) is 8.73. The van der Waals surface area contributed by atoms with Crippen molar-refractivity contribution in [2.75, 3.05) is 14.2 Å². The van der Waals surface area contributed by atoms with Crippen LogP contribution in [0, 0.1) is 0 Å². The normalized spacial score (nSPS) is 14.2. The minimum Gasteiger partial charge on any atom is -0.496 e. The van der Waals surface area contributed by atoms with Crippen LogP contribution in [0.25, 0.3) is 0 Å². The summed E-state index contributed by atoms with van der Waals surface area (Å²) in [7, 11) is 3.01. The largest absolute Gasteiger partial charge is 0.496 e. The Morgan fingerprint density at radius 3 is 2.46 bits per heavy atom. The Kier molecular flexibility index (Phi) is 4.82. The summed E-state index contributed by atoms with van der Waals surface area (Å²) in [4.78, 5) is 37.6. The average molecular weight is 417 g/mol. The zero-order chi connectivity index (χ0) is 19.0. The van der Waals surface area contributed by atoms with Crippen molar-refractivity contribution in [1.82, 2.24) is 10.2 Å². The summed E-state index contributed by atoms with van der Waals surface area (Å²) in [6.07, 6.45) is 0. The smallest absolute Gasteiger partial charge is 0.261 e. The number of imide groups is 1. The standard InChI is InChI=1S/C19H17BrN2O4/c1-10(11-5-7-16(26-3)15(20)9-11)21-17(23)12-4-6-13-14(8-12)19(25)22(2)18(13)24/h4-10H,1-3H3,(H,21,23). The van der Waals surface area contributed by atoms with Crippen LogP contribution in [0.4, 0.5) is 0 Å². The fraction of sp³-hybridized carbons (Fsp3) is 0.211. The van der Waals surface area contributed by atoms with Crippen LogP contribution in [-0.2, 0) is 0 Å². The van der Waals surface area contributed by atoms with Crippen LogP contribution in [0.1, 0.15) is 49.6 Å². The predicted molar refractivity (Wildman–Crippen MR) is 99.4 cm³/mol. The minimum atomic E-state index is -0.396. The maximum absolute atomic E-state index is 12.5. The van der Waals surface area contributed by atoms with Gasteiger partial charge in [-0.2, -0.15) is 0 Å². The van der Waals surface area contributed by atoms with Gasteiger partial charge in [-0.1, -0.05) is 6.07 Å². The van der Waals surface area contributed by atoms with Crippen molar-refractivity contribution < 1.29 is 19.1 Å². The molecule has 1 N–H and O–H groups in total. The number of rotatable bonds is 4. The van der Waals surface area contributed by atoms with Crippen molar-refractivity contribution in [3.05, 3.63) is 63.1 Å². The molecule has 0 saturated heterocycles. The molecular formula is C19H17BrN2O4. The SMILES string of the molecule is COc1ccc(C(C)NC(=O)c2ccc3c(c2)C(=O)N(C)C3=O)cc1Br. The zero-order valence-electron chi connectivity index (χ0n) is 14.5. The number of methoxy groups -OCH3 is 1. The van der Waals surface area contributed by atoms with E-state index < -0.39 is 5.91 Å². The number of nitrogens with zero attached hydrogens (tertiary/aromatic N) is 1. The Morgan fingerprint density at radius 1 is 1.12 bits per heavy atom. The Morgan fingerprint density at radius 2 is 1.81 bits per heavy atom. The third-order valence-electron chi connectivity index (χ3n) is 4.38. The van der Waals surface area contributed by atoms with E-state index in [1.807, 2.05) is 25.1 Å². The van der Waals surface area contributed by atoms with Crippen molar-refractivity contribution in [3.8, 4) is 5.75 Å². The first kappa shape index (κ1) is 18.1. The summed E-state index contributed by atoms with van der Waals surface area (Å²) in [6.45, 7) is 1.86. The number of benzene rings is 2. The highest BCUT2D eigenvalue weighted by Gasteiger charge is 2.33. The molecular weight excluding hydrogens is 400 g/mol. The van der Waals surface area contributed by atoms with Crippen molar-refractivity contribution in [2.45, 2.75) is 13.0 Å². The number of carbonyl (C=O) groups excluding carboxylic acids is 3. The van der Waals surface area contributed by atoms with Crippen LogP contribution in [-0.4, -0.2) is 36.8 Å². The number of carbonyl (C=O) groups is 3. The summed E-state index contributed by atoms with van der Waals surface area (Å²) in [5, 5.41) is 2.90. The monoisotopic (exact) mass is 416 g/mol. The molecule has 3 rings (SSSR count). The van der Waals surface area contributed by atoms with Crippen molar-refractivity contribution in [2.24, 2.45) is 0 Å². The number of ether oxygens (including phenoxy) is 1. The summed E-state index contributed by atoms with van der Waals surface area (Å²) in [6, 6.07) is 9.84. The van der Waals surface area contributed by atoms with Crippen LogP contribution in [0.5, 0.6) is 5.75 Å². The Hall–Kier alpha value is -2.67. The van der Waals surface area contributed by atoms with Gasteiger partial charge >= 0.3 is 0 Å². The Balaban J connectivity index is 1.80. The highest BCUT2D eigenvalue weighted by Crippen LogP contribution is 2.28. The van der Waals surface area contributed by atoms with Gasteiger partial charge in [0.1, 0.15) is 5.75 Å². The van der Waals surface area contributed by atoms with E-state index in [-0.39, 0.29) is 23.4 Å². The first-order valence-electron chi connectivity index (χ1n) is 7.94. The minimum absolute atomic E-state index is 0.252. The predicted octanol–water partition coefficient (Wildman–Crippen LogP) is 3.17. The first-order chi connectivity index (χ1) is 12.3. The number of hydrogen-bond acceptors (Lipinski definition) is 4. The molecule has 0 aromatic heterocycles. The van der Waals surface area contributed by atoms with E-state index in [2.05, 4.69) is 21.2 Å². The lowest BCUT2D eigenvalue weighted by atomic mass is 10.0. The molecule has 1 unspecified atom stereocenters. The van der Waals surface area contributed by atoms with E-state index in [1.54, 1.807) is 13.2 Å². The molecule has 1 heterocycles. The lowest BCUT2D eigenvalue weighted by molar-refractivity contribution is 0.0693. The van der Waals surface area contributed by atoms with E-state index in [0.29, 0.717) is 16.9 Å². The maximum atomic E-state index is 12.5. The van der Waals surface area contributed by atoms with Gasteiger partial charge in [0, 0.05) is 12.6 Å². The molecule has 0 saturated carbocycles. The molecule has 0 spiro atoms. The number of nitrogens with one attached hydrogen (secondary N) is 1. The molecule has 134 valence electrons. The summed E-state index contributed by atoms with van der Waals surface area (Å²) >= 11 is 3.43. The van der Waals surface area contributed by atoms with E-state index >= 15 is 0 Å². The van der Waals surface area contributed by atoms with Crippen LogP contribution in [0.3, 0.4) is 0 Å². The highest BCUT2D eigenvalue weighted by molar-refractivity contribution is 9.10. The zero-order valence-corrected chi connectivity index (χ0v) is 16.1. The molecule has 26 heavy (non-hydrogen) atoms. The van der Waals surface area contributed by atoms with Crippen LogP contribution >= 0.6 is 15.9 Å². The highest BCUT2D eigenvalue weighted by atomic mass is 79.9. The number of halogens is 1. The van der Waals surface area contributed by atoms with Crippen molar-refractivity contribution in [1.29, 1.82) is 0 Å². The fourth-order valence-electron chi connectivity index (χ4n) is 2.82. The second-order valence-corrected chi connectivity index (χ2v) is 6.87. The van der Waals surface area contributed by atoms with Crippen LogP contribution in [0.2, 0.25) is 0 Å². The second kappa shape index (κ2) is 6.92. The molecule has 1 aliphatic rings. The van der Waals surface area contributed by atoms with E-state index in [4.69, 9.17) is 4.74 Å². The number of hydrogen-bond donors (Lipinski definition) is 1. The van der Waals surface area contributed by atoms with Crippen LogP contribution < -0.4 is 10.1 Å². The quantitative estimate of drug-likeness (QED) is 0.776. The van der Waals surface area contributed by atoms with E-state index in [0.717, 1.165) is 14.9 Å². The third-order valence-corrected chi connectivity index (χ3v) is 5.00. The van der Waals surface area contributed by atoms with Gasteiger partial charge in [0.05, 0.1) is 28.8 Å². The van der Waals surface area contributed by atoms with Crippen LogP contribution in [0.15, 0.2) is 40.9 Å². The number of fused-ring (bicyclic) bond motifs is 1. The van der Waals surface area contributed by atoms with Gasteiger partial charge < -0.3 is 10.1 Å². The average Bonchev–Trinajstić information content (AvgIpc) is 2.85. The molecule has 0 radical (unpaired) electrons. The summed E-state index contributed by atoms with van der Waals surface area (Å²) in [5.74, 6) is -0.361. The molecule has 0 fully saturated rings. The van der Waals surface area contributed by atoms with E-state index in [1.165, 1.54) is 19.2 Å². The van der Waals surface area contributed by atoms with Gasteiger partial charge in [-0.25, -0.2) is 0 Å². The molecule has 2 aromatic carbocycles. The molecule has 0 aliphatic carbocycles. The van der Waals surface area contributed by atoms with Gasteiger partial charge in [0.2, 0.25) is 0 Å². The van der Waals surface area contributed by atoms with Crippen molar-refractivity contribution in [3.63, 3.8) is 0 Å². The molecule has 1 atom stereocenters. The summed E-state index contributed by atoms with van der Waals surface area (Å²) < 4.78 is 6.00. The topological polar surface area (TPSA) is 75.7 Å². The lowest BCUT2D eigenvalue weighted by Gasteiger charge is -2.16. The third kappa shape index (κ3) is 3.10. The van der Waals surface area contributed by atoms with Gasteiger partial charge in [0.25, 0.3) is 17.7 Å². The van der Waals surface area contributed by atoms with Gasteiger partial charge in [-0.15, -0.1) is 0 Å². The summed E-state index contributed by atoms with van der Waals surface area (Å²) in [5.41, 5.74) is 1.81. The second-order valence-electron chi connectivity index (χ2n) is 6.02. The molecule has 0 bridgehead atoms. The maximum Gasteiger partial charge on any atom is 0.261 e. The molecule has 3 amide bonds. The van der Waals surface area contributed by atoms with Gasteiger partial charge in [-0.05, 0) is 58.7 Å². The molecule has 1 aliphatic heterocycles. The molecule has 6 nitrogen and oxygen atoms in total. The fourth-order valence-corrected chi connectivity index (χ4v) is 3.38. The number of amides is 3. The Labute approximate surface area is 159 Å². The van der Waals surface area contributed by atoms with E-state index in [9.17, 15) is 14.4 Å². The molecule has 2 aromatic rings. The van der Waals surface area contributed by atoms with Gasteiger partial charge in [0.15, 0.2) is 0 Å². The van der Waals surface area contributed by atoms with Gasteiger partial charge in [-0.3, -0.25) is 19.3 Å². The molecule has 7 heteroatoms. The Bertz CT molecular complexity index is 926.